The molecule has 1 saturated carbocycles. The van der Waals surface area contributed by atoms with Crippen molar-refractivity contribution in [3.05, 3.63) is 39.9 Å². The third kappa shape index (κ3) is 5.46. The van der Waals surface area contributed by atoms with Crippen LogP contribution in [0.3, 0.4) is 0 Å². The largest absolute Gasteiger partial charge is 0.481 e. The van der Waals surface area contributed by atoms with Crippen LogP contribution in [-0.2, 0) is 11.2 Å². The van der Waals surface area contributed by atoms with Crippen molar-refractivity contribution in [3.8, 4) is 0 Å². The Kier molecular flexibility index (Phi) is 7.01. The molecule has 0 aliphatic heterocycles. The molecule has 1 fully saturated rings. The van der Waals surface area contributed by atoms with E-state index in [1.54, 1.807) is 25.1 Å². The van der Waals surface area contributed by atoms with Gasteiger partial charge in [0, 0.05) is 23.4 Å². The van der Waals surface area contributed by atoms with Crippen LogP contribution >= 0.6 is 11.3 Å². The van der Waals surface area contributed by atoms with E-state index >= 15 is 0 Å². The zero-order valence-electron chi connectivity index (χ0n) is 17.3. The lowest BCUT2D eigenvalue weighted by Gasteiger charge is -2.15. The molecular formula is C21H24N4O5S. The normalized spacial score (nSPS) is 13.6. The van der Waals surface area contributed by atoms with Gasteiger partial charge in [0.2, 0.25) is 0 Å². The van der Waals surface area contributed by atoms with E-state index in [0.717, 1.165) is 37.0 Å². The molecule has 0 saturated heterocycles. The number of aromatic nitrogens is 1. The molecular weight excluding hydrogens is 420 g/mol. The molecule has 0 unspecified atom stereocenters. The number of carbonyl (C=O) groups excluding carboxylic acids is 3. The number of thiazole rings is 1. The molecule has 1 aromatic carbocycles. The number of amides is 3. The van der Waals surface area contributed by atoms with Crippen LogP contribution in [0.1, 0.15) is 57.0 Å². The second-order valence-corrected chi connectivity index (χ2v) is 8.58. The van der Waals surface area contributed by atoms with Crippen molar-refractivity contribution in [1.29, 1.82) is 0 Å². The number of nitrogens with one attached hydrogen (secondary N) is 3. The molecule has 2 aromatic rings. The van der Waals surface area contributed by atoms with Crippen LogP contribution < -0.4 is 16.0 Å². The Hall–Kier alpha value is -3.27. The number of hydrogen-bond acceptors (Lipinski definition) is 6. The first-order valence-corrected chi connectivity index (χ1v) is 10.8. The summed E-state index contributed by atoms with van der Waals surface area (Å²) < 4.78 is 0. The maximum Gasteiger partial charge on any atom is 0.325 e. The Labute approximate surface area is 183 Å². The standard InChI is InChI=1S/C21H24N4O5S/c1-11-17(19(29)22-2)24-21(31-11)25-20(30)23-15-8-7-12(10-16(26)27)9-14(15)18(28)13-5-3-4-6-13/h7-9,13H,3-6,10H2,1-2H3,(H,22,29)(H,26,27)(H2,23,24,25,30). The summed E-state index contributed by atoms with van der Waals surface area (Å²) in [4.78, 5) is 53.2. The summed E-state index contributed by atoms with van der Waals surface area (Å²) in [6.07, 6.45) is 3.32. The molecule has 3 amide bonds. The van der Waals surface area contributed by atoms with Crippen LogP contribution in [0.2, 0.25) is 0 Å². The van der Waals surface area contributed by atoms with Gasteiger partial charge in [0.1, 0.15) is 5.69 Å². The number of rotatable bonds is 7. The van der Waals surface area contributed by atoms with Gasteiger partial charge in [-0.2, -0.15) is 0 Å². The number of carboxylic acids is 1. The summed E-state index contributed by atoms with van der Waals surface area (Å²) in [6, 6.07) is 4.06. The van der Waals surface area contributed by atoms with Gasteiger partial charge in [-0.25, -0.2) is 9.78 Å². The molecule has 1 aliphatic carbocycles. The molecule has 4 N–H and O–H groups in total. The van der Waals surface area contributed by atoms with Crippen LogP contribution in [0.25, 0.3) is 0 Å². The van der Waals surface area contributed by atoms with Crippen molar-refractivity contribution in [3.63, 3.8) is 0 Å². The molecule has 1 heterocycles. The summed E-state index contributed by atoms with van der Waals surface area (Å²) in [5, 5.41) is 17.1. The fraction of sp³-hybridized carbons (Fsp3) is 0.381. The first-order chi connectivity index (χ1) is 14.8. The molecule has 9 nitrogen and oxygen atoms in total. The zero-order valence-corrected chi connectivity index (χ0v) is 18.1. The number of urea groups is 1. The van der Waals surface area contributed by atoms with Gasteiger partial charge in [-0.1, -0.05) is 18.9 Å². The molecule has 0 spiro atoms. The van der Waals surface area contributed by atoms with Gasteiger partial charge in [0.25, 0.3) is 5.91 Å². The van der Waals surface area contributed by atoms with Gasteiger partial charge >= 0.3 is 12.0 Å². The summed E-state index contributed by atoms with van der Waals surface area (Å²) in [6.45, 7) is 1.73. The minimum absolute atomic E-state index is 0.0907. The van der Waals surface area contributed by atoms with Crippen LogP contribution in [0.15, 0.2) is 18.2 Å². The first kappa shape index (κ1) is 22.4. The monoisotopic (exact) mass is 444 g/mol. The Morgan fingerprint density at radius 2 is 1.87 bits per heavy atom. The predicted octanol–water partition coefficient (Wildman–Crippen LogP) is 3.46. The number of anilines is 2. The van der Waals surface area contributed by atoms with Crippen LogP contribution in [0, 0.1) is 12.8 Å². The van der Waals surface area contributed by atoms with Crippen LogP contribution in [-0.4, -0.2) is 40.8 Å². The molecule has 10 heteroatoms. The van der Waals surface area contributed by atoms with Crippen molar-refractivity contribution >= 4 is 45.8 Å². The zero-order chi connectivity index (χ0) is 22.5. The van der Waals surface area contributed by atoms with Crippen molar-refractivity contribution in [2.45, 2.75) is 39.0 Å². The van der Waals surface area contributed by atoms with E-state index in [9.17, 15) is 19.2 Å². The maximum absolute atomic E-state index is 13.0. The Morgan fingerprint density at radius 1 is 1.16 bits per heavy atom. The highest BCUT2D eigenvalue weighted by atomic mass is 32.1. The van der Waals surface area contributed by atoms with Gasteiger partial charge in [-0.05, 0) is 37.5 Å². The lowest BCUT2D eigenvalue weighted by Crippen LogP contribution is -2.23. The van der Waals surface area contributed by atoms with Crippen LogP contribution in [0.5, 0.6) is 0 Å². The highest BCUT2D eigenvalue weighted by molar-refractivity contribution is 7.16. The summed E-state index contributed by atoms with van der Waals surface area (Å²) in [7, 11) is 1.50. The minimum Gasteiger partial charge on any atom is -0.481 e. The van der Waals surface area contributed by atoms with Crippen molar-refractivity contribution < 1.29 is 24.3 Å². The van der Waals surface area contributed by atoms with Gasteiger partial charge in [0.15, 0.2) is 10.9 Å². The first-order valence-electron chi connectivity index (χ1n) is 9.95. The molecule has 1 aliphatic rings. The quantitative estimate of drug-likeness (QED) is 0.483. The van der Waals surface area contributed by atoms with E-state index in [-0.39, 0.29) is 34.9 Å². The average Bonchev–Trinajstić information content (AvgIpc) is 3.37. The molecule has 31 heavy (non-hydrogen) atoms. The topological polar surface area (TPSA) is 137 Å². The van der Waals surface area contributed by atoms with Gasteiger partial charge < -0.3 is 15.7 Å². The highest BCUT2D eigenvalue weighted by Crippen LogP contribution is 2.31. The van der Waals surface area contributed by atoms with E-state index in [2.05, 4.69) is 20.9 Å². The van der Waals surface area contributed by atoms with Crippen molar-refractivity contribution in [2.24, 2.45) is 5.92 Å². The lowest BCUT2D eigenvalue weighted by atomic mass is 9.93. The summed E-state index contributed by atoms with van der Waals surface area (Å²) in [5.74, 6) is -1.56. The molecule has 1 aromatic heterocycles. The van der Waals surface area contributed by atoms with Gasteiger partial charge in [-0.3, -0.25) is 19.7 Å². The molecule has 0 atom stereocenters. The lowest BCUT2D eigenvalue weighted by molar-refractivity contribution is -0.136. The number of ketones is 1. The molecule has 0 bridgehead atoms. The Bertz CT molecular complexity index is 1030. The third-order valence-electron chi connectivity index (χ3n) is 5.14. The maximum atomic E-state index is 13.0. The second kappa shape index (κ2) is 9.69. The minimum atomic E-state index is -0.997. The van der Waals surface area contributed by atoms with Crippen molar-refractivity contribution in [1.82, 2.24) is 10.3 Å². The number of aliphatic carboxylic acids is 1. The number of Topliss-reactive ketones (excluding diaryl/α,β-unsaturated/α-hetero) is 1. The fourth-order valence-electron chi connectivity index (χ4n) is 3.63. The van der Waals surface area contributed by atoms with E-state index in [1.165, 1.54) is 7.05 Å². The molecule has 3 rings (SSSR count). The highest BCUT2D eigenvalue weighted by Gasteiger charge is 2.26. The number of hydrogen-bond donors (Lipinski definition) is 4. The number of benzene rings is 1. The van der Waals surface area contributed by atoms with E-state index in [1.807, 2.05) is 0 Å². The molecule has 0 radical (unpaired) electrons. The fourth-order valence-corrected chi connectivity index (χ4v) is 4.43. The molecule has 164 valence electrons. The van der Waals surface area contributed by atoms with E-state index in [4.69, 9.17) is 5.11 Å². The summed E-state index contributed by atoms with van der Waals surface area (Å²) in [5.41, 5.74) is 1.34. The predicted molar refractivity (Wildman–Crippen MR) is 117 cm³/mol. The van der Waals surface area contributed by atoms with Gasteiger partial charge in [0.05, 0.1) is 12.1 Å². The van der Waals surface area contributed by atoms with Crippen LogP contribution in [0.4, 0.5) is 15.6 Å². The Balaban J connectivity index is 1.80. The SMILES string of the molecule is CNC(=O)c1nc(NC(=O)Nc2ccc(CC(=O)O)cc2C(=O)C2CCCC2)sc1C. The smallest absolute Gasteiger partial charge is 0.325 e. The Morgan fingerprint density at radius 3 is 2.52 bits per heavy atom. The van der Waals surface area contributed by atoms with E-state index in [0.29, 0.717) is 21.7 Å². The van der Waals surface area contributed by atoms with E-state index < -0.39 is 12.0 Å². The average molecular weight is 445 g/mol. The van der Waals surface area contributed by atoms with Crippen molar-refractivity contribution in [2.75, 3.05) is 17.7 Å². The summed E-state index contributed by atoms with van der Waals surface area (Å²) >= 11 is 1.16. The number of carbonyl (C=O) groups is 4. The third-order valence-corrected chi connectivity index (χ3v) is 6.02. The number of nitrogens with zero attached hydrogens (tertiary/aromatic N) is 1. The number of aryl methyl sites for hydroxylation is 1. The number of carboxylic acid groups (broad SMARTS) is 1. The van der Waals surface area contributed by atoms with Gasteiger partial charge in [-0.15, -0.1) is 11.3 Å². The second-order valence-electron chi connectivity index (χ2n) is 7.38.